The summed E-state index contributed by atoms with van der Waals surface area (Å²) in [6.45, 7) is 1.03. The van der Waals surface area contributed by atoms with Crippen molar-refractivity contribution in [1.29, 1.82) is 0 Å². The van der Waals surface area contributed by atoms with Crippen LogP contribution < -0.4 is 4.90 Å². The van der Waals surface area contributed by atoms with Crippen molar-refractivity contribution >= 4 is 34.2 Å². The molecule has 18 heavy (non-hydrogen) atoms. The lowest BCUT2D eigenvalue weighted by atomic mass is 10.1. The van der Waals surface area contributed by atoms with Crippen molar-refractivity contribution in [2.75, 3.05) is 24.2 Å². The molecule has 1 heterocycles. The van der Waals surface area contributed by atoms with Crippen LogP contribution in [0.4, 0.5) is 5.13 Å². The zero-order valence-electron chi connectivity index (χ0n) is 10.3. The highest BCUT2D eigenvalue weighted by molar-refractivity contribution is 8.01. The first kappa shape index (κ1) is 13.6. The summed E-state index contributed by atoms with van der Waals surface area (Å²) in [6.07, 6.45) is 5.30. The molecule has 1 aliphatic rings. The second kappa shape index (κ2) is 6.38. The number of nitrogens with zero attached hydrogens (tertiary/aromatic N) is 3. The number of aromatic nitrogens is 2. The van der Waals surface area contributed by atoms with E-state index in [1.165, 1.54) is 48.8 Å². The van der Waals surface area contributed by atoms with E-state index in [4.69, 9.17) is 5.11 Å². The number of anilines is 1. The maximum atomic E-state index is 10.5. The quantitative estimate of drug-likeness (QED) is 0.810. The van der Waals surface area contributed by atoms with Crippen LogP contribution in [0.15, 0.2) is 4.34 Å². The predicted octanol–water partition coefficient (Wildman–Crippen LogP) is 2.34. The smallest absolute Gasteiger partial charge is 0.313 e. The zero-order valence-corrected chi connectivity index (χ0v) is 12.0. The number of carboxylic acids is 1. The van der Waals surface area contributed by atoms with E-state index < -0.39 is 5.97 Å². The van der Waals surface area contributed by atoms with Gasteiger partial charge in [0, 0.05) is 13.6 Å². The number of carboxylic acid groups (broad SMARTS) is 1. The molecular formula is C11H17N3O2S2. The summed E-state index contributed by atoms with van der Waals surface area (Å²) < 4.78 is 0.727. The Hall–Kier alpha value is -0.820. The van der Waals surface area contributed by atoms with Crippen LogP contribution in [0.2, 0.25) is 0 Å². The SMILES string of the molecule is CN(CC1CCCC1)c1nnc(SCC(=O)O)s1. The van der Waals surface area contributed by atoms with Gasteiger partial charge in [-0.2, -0.15) is 0 Å². The van der Waals surface area contributed by atoms with Crippen LogP contribution in [-0.4, -0.2) is 40.6 Å². The molecule has 5 nitrogen and oxygen atoms in total. The maximum Gasteiger partial charge on any atom is 0.313 e. The molecule has 1 fully saturated rings. The van der Waals surface area contributed by atoms with E-state index in [-0.39, 0.29) is 5.75 Å². The van der Waals surface area contributed by atoms with E-state index >= 15 is 0 Å². The molecule has 0 atom stereocenters. The van der Waals surface area contributed by atoms with Crippen LogP contribution in [0.5, 0.6) is 0 Å². The summed E-state index contributed by atoms with van der Waals surface area (Å²) >= 11 is 2.70. The van der Waals surface area contributed by atoms with Gasteiger partial charge in [-0.3, -0.25) is 4.79 Å². The van der Waals surface area contributed by atoms with E-state index in [9.17, 15) is 4.79 Å². The molecule has 0 aromatic carbocycles. The summed E-state index contributed by atoms with van der Waals surface area (Å²) in [5.41, 5.74) is 0. The Morgan fingerprint density at radius 1 is 1.50 bits per heavy atom. The second-order valence-corrected chi connectivity index (χ2v) is 6.74. The molecule has 7 heteroatoms. The van der Waals surface area contributed by atoms with E-state index in [0.717, 1.165) is 21.9 Å². The average molecular weight is 287 g/mol. The van der Waals surface area contributed by atoms with Crippen LogP contribution in [0.25, 0.3) is 0 Å². The summed E-state index contributed by atoms with van der Waals surface area (Å²) in [4.78, 5) is 12.6. The van der Waals surface area contributed by atoms with Crippen molar-refractivity contribution in [3.05, 3.63) is 0 Å². The lowest BCUT2D eigenvalue weighted by Crippen LogP contribution is -2.23. The van der Waals surface area contributed by atoms with E-state index in [2.05, 4.69) is 15.1 Å². The van der Waals surface area contributed by atoms with Gasteiger partial charge in [-0.1, -0.05) is 35.9 Å². The molecule has 1 aliphatic carbocycles. The van der Waals surface area contributed by atoms with Crippen molar-refractivity contribution in [1.82, 2.24) is 10.2 Å². The van der Waals surface area contributed by atoms with Crippen molar-refractivity contribution in [3.8, 4) is 0 Å². The topological polar surface area (TPSA) is 66.3 Å². The first-order valence-electron chi connectivity index (χ1n) is 6.04. The van der Waals surface area contributed by atoms with Gasteiger partial charge in [0.2, 0.25) is 5.13 Å². The number of thioether (sulfide) groups is 1. The molecule has 0 saturated heterocycles. The largest absolute Gasteiger partial charge is 0.481 e. The van der Waals surface area contributed by atoms with Crippen molar-refractivity contribution in [2.24, 2.45) is 5.92 Å². The minimum Gasteiger partial charge on any atom is -0.481 e. The average Bonchev–Trinajstić information content (AvgIpc) is 2.96. The normalized spacial score (nSPS) is 16.1. The van der Waals surface area contributed by atoms with Crippen molar-refractivity contribution < 1.29 is 9.90 Å². The van der Waals surface area contributed by atoms with Gasteiger partial charge in [0.15, 0.2) is 4.34 Å². The Kier molecular flexibility index (Phi) is 4.82. The van der Waals surface area contributed by atoms with Gasteiger partial charge in [0.25, 0.3) is 0 Å². The third kappa shape index (κ3) is 3.84. The van der Waals surface area contributed by atoms with Crippen LogP contribution in [0, 0.1) is 5.92 Å². The molecule has 1 N–H and O–H groups in total. The fourth-order valence-corrected chi connectivity index (χ4v) is 3.73. The number of rotatable bonds is 6. The first-order valence-corrected chi connectivity index (χ1v) is 7.84. The van der Waals surface area contributed by atoms with Gasteiger partial charge in [0.05, 0.1) is 5.75 Å². The second-order valence-electron chi connectivity index (χ2n) is 4.56. The maximum absolute atomic E-state index is 10.5. The summed E-state index contributed by atoms with van der Waals surface area (Å²) in [6, 6.07) is 0. The Morgan fingerprint density at radius 3 is 2.89 bits per heavy atom. The predicted molar refractivity (Wildman–Crippen MR) is 73.5 cm³/mol. The Labute approximate surface area is 115 Å². The number of carbonyl (C=O) groups is 1. The minimum atomic E-state index is -0.823. The third-order valence-corrected chi connectivity index (χ3v) is 5.20. The Morgan fingerprint density at radius 2 is 2.22 bits per heavy atom. The third-order valence-electron chi connectivity index (χ3n) is 3.05. The van der Waals surface area contributed by atoms with Crippen LogP contribution >= 0.6 is 23.1 Å². The number of hydrogen-bond acceptors (Lipinski definition) is 6. The highest BCUT2D eigenvalue weighted by atomic mass is 32.2. The number of aliphatic carboxylic acids is 1. The monoisotopic (exact) mass is 287 g/mol. The van der Waals surface area contributed by atoms with Gasteiger partial charge in [-0.05, 0) is 18.8 Å². The molecule has 1 saturated carbocycles. The molecule has 0 aliphatic heterocycles. The molecule has 0 bridgehead atoms. The number of hydrogen-bond donors (Lipinski definition) is 1. The van der Waals surface area contributed by atoms with Gasteiger partial charge in [0.1, 0.15) is 0 Å². The summed E-state index contributed by atoms with van der Waals surface area (Å²) in [7, 11) is 2.03. The first-order chi connectivity index (χ1) is 8.65. The molecule has 1 aromatic rings. The van der Waals surface area contributed by atoms with Crippen LogP contribution in [0.1, 0.15) is 25.7 Å². The molecule has 0 unspecified atom stereocenters. The summed E-state index contributed by atoms with van der Waals surface area (Å²) in [5.74, 6) is -0.00822. The molecule has 1 aromatic heterocycles. The molecule has 0 spiro atoms. The molecular weight excluding hydrogens is 270 g/mol. The van der Waals surface area contributed by atoms with Crippen LogP contribution in [0.3, 0.4) is 0 Å². The highest BCUT2D eigenvalue weighted by Crippen LogP contribution is 2.30. The lowest BCUT2D eigenvalue weighted by molar-refractivity contribution is -0.133. The molecule has 2 rings (SSSR count). The van der Waals surface area contributed by atoms with E-state index in [1.807, 2.05) is 7.05 Å². The van der Waals surface area contributed by atoms with Crippen molar-refractivity contribution in [3.63, 3.8) is 0 Å². The van der Waals surface area contributed by atoms with Gasteiger partial charge in [-0.25, -0.2) is 0 Å². The summed E-state index contributed by atoms with van der Waals surface area (Å²) in [5, 5.41) is 17.6. The Balaban J connectivity index is 1.85. The fraction of sp³-hybridized carbons (Fsp3) is 0.727. The standard InChI is InChI=1S/C11H17N3O2S2/c1-14(6-8-4-2-3-5-8)10-12-13-11(18-10)17-7-9(15)16/h8H,2-7H2,1H3,(H,15,16). The zero-order chi connectivity index (χ0) is 13.0. The fourth-order valence-electron chi connectivity index (χ4n) is 2.20. The molecule has 0 radical (unpaired) electrons. The van der Waals surface area contributed by atoms with Crippen LogP contribution in [-0.2, 0) is 4.79 Å². The highest BCUT2D eigenvalue weighted by Gasteiger charge is 2.19. The van der Waals surface area contributed by atoms with E-state index in [0.29, 0.717) is 0 Å². The van der Waals surface area contributed by atoms with Gasteiger partial charge < -0.3 is 10.0 Å². The Bertz CT molecular complexity index is 405. The lowest BCUT2D eigenvalue weighted by Gasteiger charge is -2.19. The molecule has 0 amide bonds. The van der Waals surface area contributed by atoms with E-state index in [1.54, 1.807) is 0 Å². The van der Waals surface area contributed by atoms with Gasteiger partial charge in [-0.15, -0.1) is 10.2 Å². The molecule has 100 valence electrons. The van der Waals surface area contributed by atoms with Gasteiger partial charge >= 0.3 is 5.97 Å². The minimum absolute atomic E-state index is 0.0426. The van der Waals surface area contributed by atoms with Crippen molar-refractivity contribution in [2.45, 2.75) is 30.0 Å².